The molecule has 1 aromatic heterocycles. The van der Waals surface area contributed by atoms with E-state index in [2.05, 4.69) is 13.1 Å². The second kappa shape index (κ2) is 9.75. The van der Waals surface area contributed by atoms with Crippen molar-refractivity contribution in [1.29, 1.82) is 0 Å². The SMILES string of the molecule is O=c1ccn([C@H]2C[C@H](O)[C@@H](COP(=O)([O-])OP(=O)([O-])OP(=O)([O-])[O-])O2)c(=O)[nH]1.[Ni+4]. The Morgan fingerprint density at radius 2 is 1.79 bits per heavy atom. The maximum atomic E-state index is 11.7. The van der Waals surface area contributed by atoms with Crippen LogP contribution >= 0.6 is 23.5 Å². The molecule has 16 nitrogen and oxygen atoms in total. The number of nitrogens with zero attached hydrogens (tertiary/aromatic N) is 1. The number of aromatic amines is 1. The smallest absolute Gasteiger partial charge is 0.790 e. The van der Waals surface area contributed by atoms with Gasteiger partial charge in [-0.25, -0.2) is 9.11 Å². The Hall–Kier alpha value is -0.496. The van der Waals surface area contributed by atoms with E-state index in [9.17, 15) is 48.0 Å². The average molecular weight is 523 g/mol. The largest absolute Gasteiger partial charge is 4.00 e. The topological polar surface area (TPSA) is 255 Å². The molecule has 0 amide bonds. The third-order valence-electron chi connectivity index (χ3n) is 3.16. The molecule has 20 heteroatoms. The summed E-state index contributed by atoms with van der Waals surface area (Å²) in [5.74, 6) is 0. The Morgan fingerprint density at radius 1 is 1.17 bits per heavy atom. The number of hydrogen-bond acceptors (Lipinski definition) is 14. The van der Waals surface area contributed by atoms with Gasteiger partial charge < -0.3 is 38.5 Å². The van der Waals surface area contributed by atoms with Crippen LogP contribution in [0.25, 0.3) is 0 Å². The zero-order valence-electron chi connectivity index (χ0n) is 13.7. The van der Waals surface area contributed by atoms with E-state index in [1.807, 2.05) is 4.98 Å². The third kappa shape index (κ3) is 8.27. The van der Waals surface area contributed by atoms with Crippen LogP contribution < -0.4 is 30.8 Å². The number of phosphoric ester groups is 1. The predicted molar refractivity (Wildman–Crippen MR) is 76.8 cm³/mol. The molecule has 1 aliphatic heterocycles. The van der Waals surface area contributed by atoms with E-state index in [1.165, 1.54) is 0 Å². The molecular weight excluding hydrogens is 512 g/mol. The molecular formula is C9H11N2NiO14P3. The van der Waals surface area contributed by atoms with Crippen molar-refractivity contribution in [3.63, 3.8) is 0 Å². The van der Waals surface area contributed by atoms with Gasteiger partial charge in [-0.15, -0.1) is 0 Å². The fourth-order valence-electron chi connectivity index (χ4n) is 2.14. The zero-order valence-corrected chi connectivity index (χ0v) is 17.3. The van der Waals surface area contributed by atoms with Crippen LogP contribution in [-0.2, 0) is 48.1 Å². The fraction of sp³-hybridized carbons (Fsp3) is 0.556. The molecule has 0 spiro atoms. The maximum absolute atomic E-state index is 11.7. The Morgan fingerprint density at radius 3 is 2.34 bits per heavy atom. The van der Waals surface area contributed by atoms with Crippen LogP contribution in [0.4, 0.5) is 0 Å². The standard InChI is InChI=1S/C9H15N2O14P3.Ni/c12-5-3-8(11-2-1-7(13)10-9(11)14)23-6(5)4-22-27(18,19)25-28(20,21)24-26(15,16)17;/h1-2,5-6,8,12H,3-4H2,(H,18,19)(H,20,21)(H,10,13,14)(H2,15,16,17);/q;+4/p-4/t5-,6+,8+;/m0./s1. The molecule has 0 aromatic carbocycles. The summed E-state index contributed by atoms with van der Waals surface area (Å²) < 4.78 is 49.4. The first kappa shape index (κ1) is 26.5. The Kier molecular flexibility index (Phi) is 8.93. The number of H-pyrrole nitrogens is 1. The summed E-state index contributed by atoms with van der Waals surface area (Å²) in [5, 5.41) is 9.86. The minimum atomic E-state index is -6.11. The van der Waals surface area contributed by atoms with Gasteiger partial charge in [0.2, 0.25) is 0 Å². The molecule has 0 aliphatic carbocycles. The second-order valence-corrected chi connectivity index (χ2v) is 9.50. The number of aliphatic hydroxyl groups excluding tert-OH is 1. The number of phosphoric acid groups is 3. The summed E-state index contributed by atoms with van der Waals surface area (Å²) in [5.41, 5.74) is -1.55. The molecule has 0 saturated carbocycles. The first-order valence-corrected chi connectivity index (χ1v) is 11.4. The van der Waals surface area contributed by atoms with Crippen molar-refractivity contribution in [3.8, 4) is 0 Å². The van der Waals surface area contributed by atoms with Crippen molar-refractivity contribution in [2.24, 2.45) is 0 Å². The van der Waals surface area contributed by atoms with Crippen LogP contribution in [0.3, 0.4) is 0 Å². The number of hydrogen-bond donors (Lipinski definition) is 2. The number of nitrogens with one attached hydrogen (secondary N) is 1. The molecule has 5 atom stereocenters. The predicted octanol–water partition coefficient (Wildman–Crippen LogP) is -4.00. The van der Waals surface area contributed by atoms with Gasteiger partial charge in [-0.2, -0.15) is 0 Å². The van der Waals surface area contributed by atoms with Crippen LogP contribution in [0.1, 0.15) is 12.6 Å². The first-order chi connectivity index (χ1) is 12.7. The molecule has 29 heavy (non-hydrogen) atoms. The summed E-state index contributed by atoms with van der Waals surface area (Å²) >= 11 is 0. The molecule has 2 N–H and O–H groups in total. The van der Waals surface area contributed by atoms with Crippen LogP contribution in [0.15, 0.2) is 21.9 Å². The van der Waals surface area contributed by atoms with Crippen LogP contribution in [0, 0.1) is 0 Å². The summed E-state index contributed by atoms with van der Waals surface area (Å²) in [6, 6.07) is 0.997. The molecule has 2 rings (SSSR count). The van der Waals surface area contributed by atoms with Crippen molar-refractivity contribution < 1.29 is 72.7 Å². The van der Waals surface area contributed by atoms with E-state index in [0.29, 0.717) is 0 Å². The van der Waals surface area contributed by atoms with E-state index in [4.69, 9.17) is 4.74 Å². The number of ether oxygens (including phenoxy) is 1. The summed E-state index contributed by atoms with van der Waals surface area (Å²) in [7, 11) is -18.0. The summed E-state index contributed by atoms with van der Waals surface area (Å²) in [6.45, 7) is -0.997. The van der Waals surface area contributed by atoms with Crippen molar-refractivity contribution in [1.82, 2.24) is 9.55 Å². The van der Waals surface area contributed by atoms with Crippen LogP contribution in [-0.4, -0.2) is 33.5 Å². The second-order valence-electron chi connectivity index (χ2n) is 5.25. The van der Waals surface area contributed by atoms with Crippen LogP contribution in [0.2, 0.25) is 0 Å². The number of rotatable bonds is 8. The maximum Gasteiger partial charge on any atom is 4.00 e. The molecule has 166 valence electrons. The van der Waals surface area contributed by atoms with Gasteiger partial charge in [0.25, 0.3) is 21.2 Å². The van der Waals surface area contributed by atoms with Gasteiger partial charge in [0.1, 0.15) is 12.3 Å². The quantitative estimate of drug-likeness (QED) is 0.243. The summed E-state index contributed by atoms with van der Waals surface area (Å²) in [4.78, 5) is 67.6. The van der Waals surface area contributed by atoms with Crippen molar-refractivity contribution in [2.45, 2.75) is 24.9 Å². The molecule has 1 saturated heterocycles. The Balaban J connectivity index is 0.00000420. The Bertz CT molecular complexity index is 972. The molecule has 2 unspecified atom stereocenters. The van der Waals surface area contributed by atoms with E-state index >= 15 is 0 Å². The molecule has 2 heterocycles. The van der Waals surface area contributed by atoms with Gasteiger partial charge in [-0.3, -0.25) is 27.8 Å². The monoisotopic (exact) mass is 522 g/mol. The Labute approximate surface area is 170 Å². The van der Waals surface area contributed by atoms with Crippen LogP contribution in [0.5, 0.6) is 0 Å². The van der Waals surface area contributed by atoms with Crippen molar-refractivity contribution >= 4 is 23.5 Å². The molecule has 1 aliphatic rings. The molecule has 1 fully saturated rings. The van der Waals surface area contributed by atoms with E-state index in [-0.39, 0.29) is 22.9 Å². The van der Waals surface area contributed by atoms with Gasteiger partial charge in [0, 0.05) is 18.7 Å². The molecule has 0 radical (unpaired) electrons. The van der Waals surface area contributed by atoms with Gasteiger partial charge in [0.15, 0.2) is 0 Å². The molecule has 1 aromatic rings. The summed E-state index contributed by atoms with van der Waals surface area (Å²) in [6.07, 6.45) is -3.02. The van der Waals surface area contributed by atoms with Gasteiger partial charge >= 0.3 is 22.2 Å². The number of aromatic nitrogens is 2. The van der Waals surface area contributed by atoms with E-state index < -0.39 is 59.8 Å². The average Bonchev–Trinajstić information content (AvgIpc) is 2.82. The normalized spacial score (nSPS) is 26.3. The third-order valence-corrected chi connectivity index (χ3v) is 6.83. The molecule has 0 bridgehead atoms. The zero-order chi connectivity index (χ0) is 21.3. The first-order valence-electron chi connectivity index (χ1n) is 7.04. The van der Waals surface area contributed by atoms with Crippen molar-refractivity contribution in [2.75, 3.05) is 6.61 Å². The number of aliphatic hydroxyl groups is 1. The fourth-order valence-corrected chi connectivity index (χ4v) is 5.00. The minimum absolute atomic E-state index is 0. The van der Waals surface area contributed by atoms with Gasteiger partial charge in [-0.1, -0.05) is 0 Å². The van der Waals surface area contributed by atoms with E-state index in [1.54, 1.807) is 0 Å². The minimum Gasteiger partial charge on any atom is -0.790 e. The van der Waals surface area contributed by atoms with Crippen molar-refractivity contribution in [3.05, 3.63) is 33.1 Å². The van der Waals surface area contributed by atoms with Gasteiger partial charge in [-0.05, 0) is 0 Å². The van der Waals surface area contributed by atoms with E-state index in [0.717, 1.165) is 16.8 Å². The van der Waals surface area contributed by atoms with Gasteiger partial charge in [0.05, 0.1) is 20.5 Å².